The molecule has 0 aromatic heterocycles. The quantitative estimate of drug-likeness (QED) is 0.150. The Balaban J connectivity index is 1.22. The number of aryl methyl sites for hydroxylation is 1. The summed E-state index contributed by atoms with van der Waals surface area (Å²) in [5.41, 5.74) is 3.94. The third kappa shape index (κ3) is 9.76. The fourth-order valence-corrected chi connectivity index (χ4v) is 7.37. The molecule has 2 unspecified atom stereocenters. The fourth-order valence-electron chi connectivity index (χ4n) is 6.02. The fraction of sp³-hybridized carbons (Fsp3) is 0.645. The molecule has 3 aliphatic rings. The Morgan fingerprint density at radius 2 is 1.84 bits per heavy atom. The molecule has 2 aliphatic heterocycles. The summed E-state index contributed by atoms with van der Waals surface area (Å²) in [4.78, 5) is 39.9. The highest BCUT2D eigenvalue weighted by Gasteiger charge is 2.41. The van der Waals surface area contributed by atoms with Gasteiger partial charge in [-0.3, -0.25) is 24.4 Å². The Morgan fingerprint density at radius 1 is 1.09 bits per heavy atom. The van der Waals surface area contributed by atoms with Gasteiger partial charge in [0.25, 0.3) is 5.91 Å². The Morgan fingerprint density at radius 3 is 2.56 bits per heavy atom. The third-order valence-electron chi connectivity index (χ3n) is 8.69. The first kappa shape index (κ1) is 34.9. The second-order valence-corrected chi connectivity index (χ2v) is 14.1. The number of carbonyl (C=O) groups excluding carboxylic acids is 3. The molecule has 2 heterocycles. The van der Waals surface area contributed by atoms with Gasteiger partial charge in [0.15, 0.2) is 0 Å². The van der Waals surface area contributed by atoms with E-state index in [0.717, 1.165) is 32.4 Å². The van der Waals surface area contributed by atoms with Crippen molar-refractivity contribution in [2.75, 3.05) is 13.1 Å². The maximum Gasteiger partial charge on any atom is 0.403 e. The molecule has 1 saturated carbocycles. The van der Waals surface area contributed by atoms with Crippen LogP contribution in [0, 0.1) is 0 Å². The van der Waals surface area contributed by atoms with Crippen LogP contribution < -0.4 is 20.7 Å². The molecule has 0 spiro atoms. The Bertz CT molecular complexity index is 1340. The van der Waals surface area contributed by atoms with E-state index in [9.17, 15) is 36.0 Å². The van der Waals surface area contributed by atoms with Crippen LogP contribution in [0.2, 0.25) is 0 Å². The molecule has 3 atom stereocenters. The summed E-state index contributed by atoms with van der Waals surface area (Å²) in [5.74, 6) is -2.22. The molecule has 1 aromatic rings. The number of hydrogen-bond donors (Lipinski definition) is 4. The van der Waals surface area contributed by atoms with E-state index in [2.05, 4.69) is 34.7 Å². The van der Waals surface area contributed by atoms with Crippen LogP contribution in [-0.4, -0.2) is 73.7 Å². The van der Waals surface area contributed by atoms with Gasteiger partial charge in [-0.25, -0.2) is 8.42 Å². The minimum absolute atomic E-state index is 0.0427. The van der Waals surface area contributed by atoms with Gasteiger partial charge in [-0.1, -0.05) is 43.5 Å². The number of hydrogen-bond acceptors (Lipinski definition) is 7. The molecular weight excluding hydrogens is 611 g/mol. The molecule has 3 amide bonds. The standard InChI is InChI=1S/C31H44F3N5O5S/c1-2-9-25(29(41)38-45(43,44)23-15-16-23)37-30(42)26-13-8-17-39(26)28(40)20-36-27(31(32,33)34)14-6-4-3-5-10-21-11-7-12-22-18-35-19-24(21)22/h2,7,11-12,23,25-27,35-36H,1,3-6,8-10,13-20H2,(H,37,42)(H,38,41)/t25?,26-,27?/m0/s1. The summed E-state index contributed by atoms with van der Waals surface area (Å²) in [6.45, 7) is 4.87. The summed E-state index contributed by atoms with van der Waals surface area (Å²) < 4.78 is 67.7. The molecular formula is C31H44F3N5O5S. The first-order valence-corrected chi connectivity index (χ1v) is 17.3. The van der Waals surface area contributed by atoms with E-state index in [1.54, 1.807) is 0 Å². The summed E-state index contributed by atoms with van der Waals surface area (Å²) in [5, 5.41) is 7.57. The van der Waals surface area contributed by atoms with Crippen LogP contribution in [-0.2, 0) is 43.9 Å². The second-order valence-electron chi connectivity index (χ2n) is 12.1. The van der Waals surface area contributed by atoms with Gasteiger partial charge in [-0.2, -0.15) is 13.2 Å². The van der Waals surface area contributed by atoms with Crippen LogP contribution in [0.1, 0.15) is 80.9 Å². The predicted molar refractivity (Wildman–Crippen MR) is 163 cm³/mol. The van der Waals surface area contributed by atoms with Gasteiger partial charge in [0.2, 0.25) is 21.8 Å². The molecule has 2 fully saturated rings. The highest BCUT2D eigenvalue weighted by atomic mass is 32.2. The van der Waals surface area contributed by atoms with E-state index in [1.807, 2.05) is 10.8 Å². The topological polar surface area (TPSA) is 137 Å². The lowest BCUT2D eigenvalue weighted by molar-refractivity contribution is -0.159. The maximum atomic E-state index is 13.8. The lowest BCUT2D eigenvalue weighted by Crippen LogP contribution is -2.55. The largest absolute Gasteiger partial charge is 0.403 e. The van der Waals surface area contributed by atoms with E-state index < -0.39 is 63.8 Å². The van der Waals surface area contributed by atoms with E-state index >= 15 is 0 Å². The van der Waals surface area contributed by atoms with Gasteiger partial charge in [-0.05, 0) is 68.1 Å². The number of amides is 3. The molecule has 0 bridgehead atoms. The highest BCUT2D eigenvalue weighted by Crippen LogP contribution is 2.28. The molecule has 1 saturated heterocycles. The SMILES string of the molecule is C=CCC(NC(=O)[C@@H]1CCCN1C(=O)CNC(CCCCCCc1cccc2c1CNC2)C(F)(F)F)C(=O)NS(=O)(=O)C1CC1. The van der Waals surface area contributed by atoms with Crippen molar-refractivity contribution in [1.82, 2.24) is 25.6 Å². The zero-order valence-electron chi connectivity index (χ0n) is 25.5. The molecule has 0 radical (unpaired) electrons. The zero-order chi connectivity index (χ0) is 32.6. The van der Waals surface area contributed by atoms with Gasteiger partial charge in [-0.15, -0.1) is 6.58 Å². The number of sulfonamides is 1. The van der Waals surface area contributed by atoms with Crippen molar-refractivity contribution in [3.63, 3.8) is 0 Å². The monoisotopic (exact) mass is 655 g/mol. The van der Waals surface area contributed by atoms with Crippen LogP contribution in [0.5, 0.6) is 0 Å². The molecule has 1 aliphatic carbocycles. The van der Waals surface area contributed by atoms with E-state index in [1.165, 1.54) is 27.7 Å². The number of rotatable bonds is 17. The van der Waals surface area contributed by atoms with Gasteiger partial charge in [0, 0.05) is 19.6 Å². The number of fused-ring (bicyclic) bond motifs is 1. The zero-order valence-corrected chi connectivity index (χ0v) is 26.3. The number of halogens is 3. The maximum absolute atomic E-state index is 13.8. The van der Waals surface area contributed by atoms with Gasteiger partial charge in [0.1, 0.15) is 18.1 Å². The summed E-state index contributed by atoms with van der Waals surface area (Å²) in [7, 11) is -3.83. The first-order valence-electron chi connectivity index (χ1n) is 15.8. The van der Waals surface area contributed by atoms with Crippen molar-refractivity contribution in [3.8, 4) is 0 Å². The van der Waals surface area contributed by atoms with E-state index in [0.29, 0.717) is 32.1 Å². The van der Waals surface area contributed by atoms with Crippen molar-refractivity contribution >= 4 is 27.7 Å². The average molecular weight is 656 g/mol. The van der Waals surface area contributed by atoms with Crippen molar-refractivity contribution in [2.24, 2.45) is 0 Å². The Hall–Kier alpha value is -2.97. The molecule has 10 nitrogen and oxygen atoms in total. The molecule has 4 N–H and O–H groups in total. The lowest BCUT2D eigenvalue weighted by Gasteiger charge is -2.27. The summed E-state index contributed by atoms with van der Waals surface area (Å²) >= 11 is 0. The Labute approximate surface area is 263 Å². The normalized spacial score (nSPS) is 19.5. The van der Waals surface area contributed by atoms with Crippen molar-refractivity contribution < 1.29 is 36.0 Å². The number of unbranched alkanes of at least 4 members (excludes halogenated alkanes) is 3. The molecule has 14 heteroatoms. The molecule has 45 heavy (non-hydrogen) atoms. The number of likely N-dealkylation sites (tertiary alicyclic amines) is 1. The van der Waals surface area contributed by atoms with Crippen LogP contribution in [0.25, 0.3) is 0 Å². The number of benzene rings is 1. The van der Waals surface area contributed by atoms with Crippen LogP contribution in [0.4, 0.5) is 13.2 Å². The minimum atomic E-state index is -4.54. The third-order valence-corrected chi connectivity index (χ3v) is 10.5. The van der Waals surface area contributed by atoms with Gasteiger partial charge in [0.05, 0.1) is 11.8 Å². The minimum Gasteiger partial charge on any atom is -0.342 e. The number of nitrogens with one attached hydrogen (secondary N) is 4. The smallest absolute Gasteiger partial charge is 0.342 e. The number of alkyl halides is 3. The van der Waals surface area contributed by atoms with Gasteiger partial charge >= 0.3 is 6.18 Å². The van der Waals surface area contributed by atoms with Crippen LogP contribution in [0.15, 0.2) is 30.9 Å². The number of carbonyl (C=O) groups is 3. The van der Waals surface area contributed by atoms with Crippen molar-refractivity contribution in [1.29, 1.82) is 0 Å². The van der Waals surface area contributed by atoms with Crippen molar-refractivity contribution in [2.45, 2.75) is 113 Å². The van der Waals surface area contributed by atoms with Gasteiger partial charge < -0.3 is 15.5 Å². The predicted octanol–water partition coefficient (Wildman–Crippen LogP) is 2.96. The Kier molecular flexibility index (Phi) is 12.1. The average Bonchev–Trinajstić information content (AvgIpc) is 3.54. The molecule has 4 rings (SSSR count). The second kappa shape index (κ2) is 15.5. The van der Waals surface area contributed by atoms with Crippen LogP contribution in [0.3, 0.4) is 0 Å². The molecule has 250 valence electrons. The summed E-state index contributed by atoms with van der Waals surface area (Å²) in [6, 6.07) is 2.21. The first-order chi connectivity index (χ1) is 21.4. The van der Waals surface area contributed by atoms with Crippen molar-refractivity contribution in [3.05, 3.63) is 47.5 Å². The number of nitrogens with zero attached hydrogens (tertiary/aromatic N) is 1. The van der Waals surface area contributed by atoms with Crippen LogP contribution >= 0.6 is 0 Å². The lowest BCUT2D eigenvalue weighted by atomic mass is 9.98. The van der Waals surface area contributed by atoms with E-state index in [4.69, 9.17) is 0 Å². The molecule has 1 aromatic carbocycles. The van der Waals surface area contributed by atoms with E-state index in [-0.39, 0.29) is 25.8 Å². The summed E-state index contributed by atoms with van der Waals surface area (Å²) in [6.07, 6.45) is 1.86. The highest BCUT2D eigenvalue weighted by molar-refractivity contribution is 7.90.